The van der Waals surface area contributed by atoms with E-state index in [1.807, 2.05) is 43.3 Å². The predicted molar refractivity (Wildman–Crippen MR) is 130 cm³/mol. The van der Waals surface area contributed by atoms with E-state index in [0.29, 0.717) is 57.9 Å². The van der Waals surface area contributed by atoms with E-state index >= 15 is 0 Å². The Bertz CT molecular complexity index is 1320. The summed E-state index contributed by atoms with van der Waals surface area (Å²) >= 11 is 0. The highest BCUT2D eigenvalue weighted by Crippen LogP contribution is 2.43. The van der Waals surface area contributed by atoms with E-state index in [1.165, 1.54) is 6.33 Å². The maximum Gasteiger partial charge on any atom is 0.203 e. The van der Waals surface area contributed by atoms with E-state index in [2.05, 4.69) is 9.97 Å². The largest absolute Gasteiger partial charge is 0.493 e. The minimum absolute atomic E-state index is 0.330. The molecular formula is C25H26N4O5. The lowest BCUT2D eigenvalue weighted by atomic mass is 9.99. The second-order valence-electron chi connectivity index (χ2n) is 7.23. The Balaban J connectivity index is 1.98. The van der Waals surface area contributed by atoms with Crippen LogP contribution in [0.4, 0.5) is 5.82 Å². The van der Waals surface area contributed by atoms with Crippen LogP contribution in [-0.4, -0.2) is 50.0 Å². The average Bonchev–Trinajstić information content (AvgIpc) is 2.87. The standard InChI is InChI=1S/C25H26N4O5/c1-6-34-18-8-7-14(9-19(18)30-2)16-12-17(29-25-22(16)24(26)27-13-28-25)15-10-20(31-3)23(33-5)21(11-15)32-4/h7-13H,6H2,1-5H3,(H2,26,27,28,29). The molecule has 0 atom stereocenters. The Morgan fingerprint density at radius 3 is 2.06 bits per heavy atom. The highest BCUT2D eigenvalue weighted by atomic mass is 16.5. The summed E-state index contributed by atoms with van der Waals surface area (Å²) in [5.41, 5.74) is 9.77. The molecule has 2 heterocycles. The minimum Gasteiger partial charge on any atom is -0.493 e. The summed E-state index contributed by atoms with van der Waals surface area (Å²) in [4.78, 5) is 13.3. The van der Waals surface area contributed by atoms with Crippen molar-refractivity contribution in [1.29, 1.82) is 0 Å². The topological polar surface area (TPSA) is 111 Å². The number of nitrogen functional groups attached to an aromatic ring is 1. The third-order valence-corrected chi connectivity index (χ3v) is 5.37. The second-order valence-corrected chi connectivity index (χ2v) is 7.23. The van der Waals surface area contributed by atoms with Gasteiger partial charge in [0.1, 0.15) is 12.1 Å². The third kappa shape index (κ3) is 4.07. The number of ether oxygens (including phenoxy) is 5. The molecule has 0 aliphatic carbocycles. The number of nitrogens with two attached hydrogens (primary N) is 1. The first-order chi connectivity index (χ1) is 16.5. The zero-order valence-corrected chi connectivity index (χ0v) is 19.7. The molecule has 2 N–H and O–H groups in total. The molecular weight excluding hydrogens is 436 g/mol. The van der Waals surface area contributed by atoms with Gasteiger partial charge >= 0.3 is 0 Å². The molecule has 0 fully saturated rings. The second kappa shape index (κ2) is 9.70. The normalized spacial score (nSPS) is 10.7. The fourth-order valence-corrected chi connectivity index (χ4v) is 3.80. The molecule has 0 aliphatic heterocycles. The van der Waals surface area contributed by atoms with E-state index in [1.54, 1.807) is 28.4 Å². The Morgan fingerprint density at radius 1 is 0.765 bits per heavy atom. The highest BCUT2D eigenvalue weighted by Gasteiger charge is 2.19. The number of nitrogens with zero attached hydrogens (tertiary/aromatic N) is 3. The molecule has 0 amide bonds. The first-order valence-electron chi connectivity index (χ1n) is 10.6. The lowest BCUT2D eigenvalue weighted by Gasteiger charge is -2.16. The van der Waals surface area contributed by atoms with E-state index < -0.39 is 0 Å². The summed E-state index contributed by atoms with van der Waals surface area (Å²) in [6.07, 6.45) is 1.40. The van der Waals surface area contributed by atoms with Crippen LogP contribution < -0.4 is 29.4 Å². The van der Waals surface area contributed by atoms with Gasteiger partial charge in [-0.1, -0.05) is 6.07 Å². The molecule has 0 aliphatic rings. The third-order valence-electron chi connectivity index (χ3n) is 5.37. The number of hydrogen-bond donors (Lipinski definition) is 1. The maximum absolute atomic E-state index is 6.26. The molecule has 0 bridgehead atoms. The average molecular weight is 463 g/mol. The summed E-state index contributed by atoms with van der Waals surface area (Å²) in [5.74, 6) is 3.13. The number of fused-ring (bicyclic) bond motifs is 1. The van der Waals surface area contributed by atoms with Gasteiger partial charge in [0.05, 0.1) is 46.1 Å². The molecule has 0 unspecified atom stereocenters. The molecule has 0 saturated heterocycles. The van der Waals surface area contributed by atoms with Crippen molar-refractivity contribution in [3.05, 3.63) is 42.7 Å². The van der Waals surface area contributed by atoms with Crippen molar-refractivity contribution in [2.75, 3.05) is 40.8 Å². The summed E-state index contributed by atoms with van der Waals surface area (Å²) in [7, 11) is 6.30. The number of benzene rings is 2. The fraction of sp³-hybridized carbons (Fsp3) is 0.240. The van der Waals surface area contributed by atoms with Gasteiger partial charge in [0.15, 0.2) is 28.6 Å². The van der Waals surface area contributed by atoms with Gasteiger partial charge < -0.3 is 29.4 Å². The van der Waals surface area contributed by atoms with Crippen LogP contribution in [0.15, 0.2) is 42.7 Å². The molecule has 0 saturated carbocycles. The van der Waals surface area contributed by atoms with Crippen molar-refractivity contribution in [3.8, 4) is 51.1 Å². The van der Waals surface area contributed by atoms with E-state index in [0.717, 1.165) is 16.7 Å². The number of methoxy groups -OCH3 is 4. The van der Waals surface area contributed by atoms with Crippen molar-refractivity contribution >= 4 is 16.9 Å². The van der Waals surface area contributed by atoms with Crippen LogP contribution in [0.25, 0.3) is 33.4 Å². The van der Waals surface area contributed by atoms with E-state index in [-0.39, 0.29) is 0 Å². The van der Waals surface area contributed by atoms with E-state index in [9.17, 15) is 0 Å². The van der Waals surface area contributed by atoms with Gasteiger partial charge in [-0.05, 0) is 48.4 Å². The Kier molecular flexibility index (Phi) is 6.53. The van der Waals surface area contributed by atoms with Crippen molar-refractivity contribution < 1.29 is 23.7 Å². The van der Waals surface area contributed by atoms with Crippen LogP contribution in [0.5, 0.6) is 28.7 Å². The smallest absolute Gasteiger partial charge is 0.203 e. The van der Waals surface area contributed by atoms with Gasteiger partial charge in [0.2, 0.25) is 5.75 Å². The van der Waals surface area contributed by atoms with Gasteiger partial charge in [-0.25, -0.2) is 15.0 Å². The first kappa shape index (κ1) is 22.9. The minimum atomic E-state index is 0.330. The number of anilines is 1. The molecule has 9 heteroatoms. The molecule has 0 radical (unpaired) electrons. The molecule has 4 aromatic rings. The number of rotatable bonds is 8. The van der Waals surface area contributed by atoms with Gasteiger partial charge in [-0.2, -0.15) is 0 Å². The number of hydrogen-bond acceptors (Lipinski definition) is 9. The molecule has 2 aromatic heterocycles. The summed E-state index contributed by atoms with van der Waals surface area (Å²) in [6, 6.07) is 11.3. The molecule has 176 valence electrons. The van der Waals surface area contributed by atoms with Crippen molar-refractivity contribution in [2.45, 2.75) is 6.92 Å². The summed E-state index contributed by atoms with van der Waals surface area (Å²) in [6.45, 7) is 2.45. The van der Waals surface area contributed by atoms with Gasteiger partial charge in [-0.3, -0.25) is 0 Å². The van der Waals surface area contributed by atoms with Crippen LogP contribution in [0.3, 0.4) is 0 Å². The maximum atomic E-state index is 6.26. The van der Waals surface area contributed by atoms with Gasteiger partial charge in [0.25, 0.3) is 0 Å². The Hall–Kier alpha value is -4.27. The van der Waals surface area contributed by atoms with Crippen LogP contribution in [-0.2, 0) is 0 Å². The Labute approximate surface area is 197 Å². The van der Waals surface area contributed by atoms with E-state index in [4.69, 9.17) is 34.4 Å². The predicted octanol–water partition coefficient (Wildman–Crippen LogP) is 4.37. The Morgan fingerprint density at radius 2 is 1.44 bits per heavy atom. The molecule has 0 spiro atoms. The lowest BCUT2D eigenvalue weighted by molar-refractivity contribution is 0.311. The SMILES string of the molecule is CCOc1ccc(-c2cc(-c3cc(OC)c(OC)c(OC)c3)nc3ncnc(N)c23)cc1OC. The fourth-order valence-electron chi connectivity index (χ4n) is 3.80. The van der Waals surface area contributed by atoms with Gasteiger partial charge in [0, 0.05) is 5.56 Å². The quantitative estimate of drug-likeness (QED) is 0.408. The van der Waals surface area contributed by atoms with Crippen LogP contribution >= 0.6 is 0 Å². The molecule has 4 rings (SSSR count). The lowest BCUT2D eigenvalue weighted by Crippen LogP contribution is -2.00. The highest BCUT2D eigenvalue weighted by molar-refractivity contribution is 6.01. The zero-order valence-electron chi connectivity index (χ0n) is 19.7. The van der Waals surface area contributed by atoms with Crippen LogP contribution in [0.2, 0.25) is 0 Å². The van der Waals surface area contributed by atoms with Crippen molar-refractivity contribution in [2.24, 2.45) is 0 Å². The zero-order chi connectivity index (χ0) is 24.2. The van der Waals surface area contributed by atoms with Crippen molar-refractivity contribution in [1.82, 2.24) is 15.0 Å². The number of pyridine rings is 1. The monoisotopic (exact) mass is 462 g/mol. The van der Waals surface area contributed by atoms with Crippen LogP contribution in [0, 0.1) is 0 Å². The summed E-state index contributed by atoms with van der Waals surface area (Å²) in [5, 5.41) is 0.643. The van der Waals surface area contributed by atoms with Gasteiger partial charge in [-0.15, -0.1) is 0 Å². The first-order valence-corrected chi connectivity index (χ1v) is 10.6. The number of aromatic nitrogens is 3. The summed E-state index contributed by atoms with van der Waals surface area (Å²) < 4.78 is 27.7. The molecule has 34 heavy (non-hydrogen) atoms. The van der Waals surface area contributed by atoms with Crippen LogP contribution in [0.1, 0.15) is 6.92 Å². The van der Waals surface area contributed by atoms with Crippen molar-refractivity contribution in [3.63, 3.8) is 0 Å². The molecule has 9 nitrogen and oxygen atoms in total. The molecule has 2 aromatic carbocycles.